The quantitative estimate of drug-likeness (QED) is 0.644. The number of methoxy groups -OCH3 is 2. The van der Waals surface area contributed by atoms with Crippen LogP contribution in [-0.2, 0) is 9.47 Å². The fourth-order valence-corrected chi connectivity index (χ4v) is 2.05. The van der Waals surface area contributed by atoms with Crippen molar-refractivity contribution in [3.05, 3.63) is 46.6 Å². The molecule has 0 aromatic rings. The number of hydrogen-bond donors (Lipinski definition) is 0. The van der Waals surface area contributed by atoms with E-state index in [0.717, 1.165) is 35.4 Å². The van der Waals surface area contributed by atoms with Crippen molar-refractivity contribution in [2.24, 2.45) is 15.2 Å². The topological polar surface area (TPSA) is 55.5 Å². The molecule has 0 bridgehead atoms. The molecule has 0 unspecified atom stereocenters. The van der Waals surface area contributed by atoms with Crippen LogP contribution in [0.25, 0.3) is 0 Å². The molecule has 0 N–H and O–H groups in total. The van der Waals surface area contributed by atoms with Crippen LogP contribution in [0.2, 0.25) is 0 Å². The molecule has 0 aliphatic heterocycles. The van der Waals surface area contributed by atoms with Gasteiger partial charge in [0.1, 0.15) is 0 Å². The Labute approximate surface area is 139 Å². The van der Waals surface area contributed by atoms with Crippen molar-refractivity contribution >= 4 is 5.71 Å². The van der Waals surface area contributed by atoms with Crippen LogP contribution in [-0.4, -0.2) is 33.0 Å². The number of rotatable bonds is 7. The highest BCUT2D eigenvalue weighted by Gasteiger charge is 2.19. The summed E-state index contributed by atoms with van der Waals surface area (Å²) in [5.41, 5.74) is 4.07. The van der Waals surface area contributed by atoms with Crippen LogP contribution < -0.4 is 0 Å². The zero-order valence-electron chi connectivity index (χ0n) is 15.0. The number of hydrogen-bond acceptors (Lipinski definition) is 5. The van der Waals surface area contributed by atoms with Crippen molar-refractivity contribution < 1.29 is 9.47 Å². The van der Waals surface area contributed by atoms with Crippen molar-refractivity contribution in [2.75, 3.05) is 27.3 Å². The molecule has 0 fully saturated rings. The maximum Gasteiger partial charge on any atom is 0.162 e. The Morgan fingerprint density at radius 1 is 1.09 bits per heavy atom. The molecule has 0 aromatic carbocycles. The Balaban J connectivity index is 3.35. The molecule has 0 amide bonds. The molecule has 1 rings (SSSR count). The molecular formula is C18H27N3O2. The third-order valence-corrected chi connectivity index (χ3v) is 3.48. The lowest BCUT2D eigenvalue weighted by Gasteiger charge is -2.19. The van der Waals surface area contributed by atoms with E-state index >= 15 is 0 Å². The molecule has 0 spiro atoms. The zero-order valence-corrected chi connectivity index (χ0v) is 15.0. The molecule has 0 saturated heterocycles. The summed E-state index contributed by atoms with van der Waals surface area (Å²) in [4.78, 5) is 4.67. The molecule has 0 saturated carbocycles. The predicted molar refractivity (Wildman–Crippen MR) is 94.6 cm³/mol. The summed E-state index contributed by atoms with van der Waals surface area (Å²) in [5.74, 6) is 1.38. The normalized spacial score (nSPS) is 19.7. The van der Waals surface area contributed by atoms with Gasteiger partial charge in [0.25, 0.3) is 0 Å². The number of allylic oxidation sites excluding steroid dienone is 5. The van der Waals surface area contributed by atoms with E-state index in [1.807, 2.05) is 26.0 Å². The molecular weight excluding hydrogens is 290 g/mol. The first-order valence-corrected chi connectivity index (χ1v) is 7.90. The summed E-state index contributed by atoms with van der Waals surface area (Å²) in [7, 11) is 3.27. The second-order valence-corrected chi connectivity index (χ2v) is 5.12. The first kappa shape index (κ1) is 18.9. The Kier molecular flexibility index (Phi) is 8.02. The maximum atomic E-state index is 5.42. The van der Waals surface area contributed by atoms with E-state index < -0.39 is 0 Å². The van der Waals surface area contributed by atoms with Crippen molar-refractivity contribution in [2.45, 2.75) is 34.1 Å². The molecule has 23 heavy (non-hydrogen) atoms. The predicted octanol–water partition coefficient (Wildman–Crippen LogP) is 4.60. The number of ether oxygens (including phenoxy) is 2. The molecule has 0 heterocycles. The van der Waals surface area contributed by atoms with E-state index in [2.05, 4.69) is 29.1 Å². The second-order valence-electron chi connectivity index (χ2n) is 5.12. The fraction of sp³-hybridized carbons (Fsp3) is 0.500. The summed E-state index contributed by atoms with van der Waals surface area (Å²) in [5, 5.41) is 8.05. The van der Waals surface area contributed by atoms with Crippen LogP contribution in [0.15, 0.2) is 61.8 Å². The van der Waals surface area contributed by atoms with Crippen LogP contribution >= 0.6 is 0 Å². The van der Waals surface area contributed by atoms with Gasteiger partial charge in [-0.15, -0.1) is 0 Å². The Hall–Kier alpha value is -2.17. The van der Waals surface area contributed by atoms with E-state index in [4.69, 9.17) is 9.47 Å². The molecule has 1 aliphatic rings. The minimum atomic E-state index is 0.677. The summed E-state index contributed by atoms with van der Waals surface area (Å²) < 4.78 is 10.8. The number of azo groups is 1. The van der Waals surface area contributed by atoms with Gasteiger partial charge in [-0.25, -0.2) is 0 Å². The van der Waals surface area contributed by atoms with Gasteiger partial charge in [-0.05, 0) is 44.4 Å². The average molecular weight is 317 g/mol. The van der Waals surface area contributed by atoms with Crippen LogP contribution in [0, 0.1) is 0 Å². The third-order valence-electron chi connectivity index (χ3n) is 3.48. The second kappa shape index (κ2) is 9.77. The Morgan fingerprint density at radius 2 is 1.74 bits per heavy atom. The van der Waals surface area contributed by atoms with E-state index in [-0.39, 0.29) is 0 Å². The first-order valence-electron chi connectivity index (χ1n) is 7.90. The highest BCUT2D eigenvalue weighted by atomic mass is 16.5. The third kappa shape index (κ3) is 5.20. The molecule has 0 radical (unpaired) electrons. The standard InChI is InChI=1S/C18H27N3O2/c1-7-9-19-16-11-18(23-6)17(22-5)10-15(16)14(4)13(3)12-21-20-8-2/h10-12H,7-9H2,1-6H3/b13-12+,15-14+,19-16?,21-20?. The van der Waals surface area contributed by atoms with Crippen LogP contribution in [0.5, 0.6) is 0 Å². The summed E-state index contributed by atoms with van der Waals surface area (Å²) in [6, 6.07) is 0. The van der Waals surface area contributed by atoms with Crippen molar-refractivity contribution in [3.8, 4) is 0 Å². The van der Waals surface area contributed by atoms with Crippen molar-refractivity contribution in [3.63, 3.8) is 0 Å². The molecule has 0 aromatic heterocycles. The van der Waals surface area contributed by atoms with E-state index in [9.17, 15) is 0 Å². The lowest BCUT2D eigenvalue weighted by molar-refractivity contribution is 0.220. The monoisotopic (exact) mass is 317 g/mol. The number of nitrogens with zero attached hydrogens (tertiary/aromatic N) is 3. The zero-order chi connectivity index (χ0) is 17.2. The smallest absolute Gasteiger partial charge is 0.162 e. The molecule has 1 aliphatic carbocycles. The van der Waals surface area contributed by atoms with Gasteiger partial charge in [0.15, 0.2) is 11.5 Å². The van der Waals surface area contributed by atoms with Crippen LogP contribution in [0.4, 0.5) is 0 Å². The maximum absolute atomic E-state index is 5.42. The van der Waals surface area contributed by atoms with Crippen LogP contribution in [0.1, 0.15) is 34.1 Å². The van der Waals surface area contributed by atoms with Gasteiger partial charge in [0, 0.05) is 18.2 Å². The summed E-state index contributed by atoms with van der Waals surface area (Å²) in [6.07, 6.45) is 6.66. The van der Waals surface area contributed by atoms with Gasteiger partial charge in [-0.3, -0.25) is 4.99 Å². The van der Waals surface area contributed by atoms with Crippen LogP contribution in [0.3, 0.4) is 0 Å². The average Bonchev–Trinajstić information content (AvgIpc) is 2.58. The van der Waals surface area contributed by atoms with Gasteiger partial charge in [0.05, 0.1) is 32.7 Å². The number of aliphatic imine (C=N–C) groups is 1. The minimum Gasteiger partial charge on any atom is -0.493 e. The van der Waals surface area contributed by atoms with Gasteiger partial charge < -0.3 is 9.47 Å². The minimum absolute atomic E-state index is 0.677. The highest BCUT2D eigenvalue weighted by molar-refractivity contribution is 6.13. The van der Waals surface area contributed by atoms with Crippen molar-refractivity contribution in [1.82, 2.24) is 0 Å². The van der Waals surface area contributed by atoms with E-state index in [0.29, 0.717) is 18.1 Å². The largest absolute Gasteiger partial charge is 0.493 e. The lowest BCUT2D eigenvalue weighted by atomic mass is 9.94. The summed E-state index contributed by atoms with van der Waals surface area (Å²) >= 11 is 0. The highest BCUT2D eigenvalue weighted by Crippen LogP contribution is 2.27. The van der Waals surface area contributed by atoms with Gasteiger partial charge in [-0.1, -0.05) is 6.92 Å². The van der Waals surface area contributed by atoms with Crippen molar-refractivity contribution in [1.29, 1.82) is 0 Å². The van der Waals surface area contributed by atoms with E-state index in [1.165, 1.54) is 0 Å². The molecule has 5 nitrogen and oxygen atoms in total. The van der Waals surface area contributed by atoms with Gasteiger partial charge >= 0.3 is 0 Å². The fourth-order valence-electron chi connectivity index (χ4n) is 2.05. The molecule has 126 valence electrons. The first-order chi connectivity index (χ1) is 11.1. The van der Waals surface area contributed by atoms with Gasteiger partial charge in [-0.2, -0.15) is 10.2 Å². The van der Waals surface area contributed by atoms with Gasteiger partial charge in [0.2, 0.25) is 0 Å². The lowest BCUT2D eigenvalue weighted by Crippen LogP contribution is -2.12. The Morgan fingerprint density at radius 3 is 2.30 bits per heavy atom. The van der Waals surface area contributed by atoms with E-state index in [1.54, 1.807) is 20.4 Å². The summed E-state index contributed by atoms with van der Waals surface area (Å²) in [6.45, 7) is 9.59. The SMILES string of the molecule is CCCN=C1C=C(OC)C(OC)=C/C1=C(C)\C(C)=C\N=NCC. The molecule has 0 atom stereocenters. The Bertz CT molecular complexity index is 593. The molecule has 5 heteroatoms.